The molecule has 1 aliphatic carbocycles. The summed E-state index contributed by atoms with van der Waals surface area (Å²) in [7, 11) is 0. The standard InChI is InChI=1S/C22H22ClNO/c1-3-5-10-16(19(24)4-2)21-17-12-7-9-14-20(17)25-22(21)15-11-6-8-13-18(15)23/h3-5,7,9-14H,6,8,24H2,1-2H3/b5-3-,16-10+,19-4+. The number of benzene rings is 1. The quantitative estimate of drug-likeness (QED) is 0.634. The third-order valence-electron chi connectivity index (χ3n) is 4.28. The molecule has 0 radical (unpaired) electrons. The fourth-order valence-corrected chi connectivity index (χ4v) is 3.29. The van der Waals surface area contributed by atoms with Crippen LogP contribution in [0.3, 0.4) is 0 Å². The Hall–Kier alpha value is -2.45. The Balaban J connectivity index is 2.34. The summed E-state index contributed by atoms with van der Waals surface area (Å²) in [6, 6.07) is 8.02. The van der Waals surface area contributed by atoms with Crippen LogP contribution in [-0.4, -0.2) is 0 Å². The number of hydrogen-bond acceptors (Lipinski definition) is 2. The first-order chi connectivity index (χ1) is 12.2. The first-order valence-electron chi connectivity index (χ1n) is 8.51. The molecule has 0 bridgehead atoms. The van der Waals surface area contributed by atoms with Gasteiger partial charge in [-0.25, -0.2) is 0 Å². The Morgan fingerprint density at radius 1 is 1.16 bits per heavy atom. The predicted octanol–water partition coefficient (Wildman–Crippen LogP) is 6.55. The zero-order valence-corrected chi connectivity index (χ0v) is 15.3. The van der Waals surface area contributed by atoms with Crippen molar-refractivity contribution in [2.75, 3.05) is 0 Å². The van der Waals surface area contributed by atoms with Gasteiger partial charge in [-0.1, -0.05) is 66.3 Å². The summed E-state index contributed by atoms with van der Waals surface area (Å²) in [6.45, 7) is 3.92. The summed E-state index contributed by atoms with van der Waals surface area (Å²) in [5.74, 6) is 0.780. The number of rotatable bonds is 4. The third-order valence-corrected chi connectivity index (χ3v) is 4.64. The monoisotopic (exact) mass is 351 g/mol. The fraction of sp³-hybridized carbons (Fsp3) is 0.182. The predicted molar refractivity (Wildman–Crippen MR) is 108 cm³/mol. The molecule has 1 aromatic heterocycles. The first-order valence-corrected chi connectivity index (χ1v) is 8.88. The Morgan fingerprint density at radius 3 is 2.64 bits per heavy atom. The van der Waals surface area contributed by atoms with E-state index in [-0.39, 0.29) is 0 Å². The van der Waals surface area contributed by atoms with Gasteiger partial charge in [-0.3, -0.25) is 0 Å². The highest BCUT2D eigenvalue weighted by atomic mass is 35.5. The molecule has 2 N–H and O–H groups in total. The lowest BCUT2D eigenvalue weighted by atomic mass is 9.93. The molecule has 0 fully saturated rings. The summed E-state index contributed by atoms with van der Waals surface area (Å²) >= 11 is 6.49. The van der Waals surface area contributed by atoms with Gasteiger partial charge in [-0.2, -0.15) is 0 Å². The second kappa shape index (κ2) is 7.62. The lowest BCUT2D eigenvalue weighted by Gasteiger charge is -2.13. The van der Waals surface area contributed by atoms with Crippen LogP contribution in [0.2, 0.25) is 0 Å². The Kier molecular flexibility index (Phi) is 5.30. The van der Waals surface area contributed by atoms with Crippen molar-refractivity contribution in [2.24, 2.45) is 5.73 Å². The molecular formula is C22H22ClNO. The van der Waals surface area contributed by atoms with Crippen molar-refractivity contribution in [3.8, 4) is 0 Å². The van der Waals surface area contributed by atoms with Crippen molar-refractivity contribution in [3.63, 3.8) is 0 Å². The Labute approximate surface area is 153 Å². The van der Waals surface area contributed by atoms with Crippen molar-refractivity contribution in [3.05, 3.63) is 82.8 Å². The maximum absolute atomic E-state index is 6.49. The molecule has 128 valence electrons. The zero-order valence-electron chi connectivity index (χ0n) is 14.6. The highest BCUT2D eigenvalue weighted by Gasteiger charge is 2.23. The molecule has 25 heavy (non-hydrogen) atoms. The highest BCUT2D eigenvalue weighted by molar-refractivity contribution is 6.37. The number of fused-ring (bicyclic) bond motifs is 1. The normalized spacial score (nSPS) is 16.4. The smallest absolute Gasteiger partial charge is 0.144 e. The molecule has 1 aliphatic rings. The summed E-state index contributed by atoms with van der Waals surface area (Å²) in [5, 5.41) is 1.77. The van der Waals surface area contributed by atoms with Crippen molar-refractivity contribution in [1.82, 2.24) is 0 Å². The molecule has 1 aromatic carbocycles. The summed E-state index contributed by atoms with van der Waals surface area (Å²) in [5.41, 5.74) is 10.7. The molecule has 0 saturated heterocycles. The molecule has 0 spiro atoms. The van der Waals surface area contributed by atoms with Crippen LogP contribution >= 0.6 is 11.6 Å². The maximum atomic E-state index is 6.49. The second-order valence-corrected chi connectivity index (χ2v) is 6.31. The van der Waals surface area contributed by atoms with Crippen LogP contribution in [0.15, 0.2) is 75.9 Å². The van der Waals surface area contributed by atoms with Gasteiger partial charge < -0.3 is 10.2 Å². The Bertz CT molecular complexity index is 938. The summed E-state index contributed by atoms with van der Waals surface area (Å²) < 4.78 is 6.22. The average Bonchev–Trinajstić information content (AvgIpc) is 3.01. The minimum absolute atomic E-state index is 0.711. The van der Waals surface area contributed by atoms with E-state index in [0.29, 0.717) is 5.70 Å². The molecule has 0 atom stereocenters. The number of furan rings is 1. The molecule has 3 rings (SSSR count). The van der Waals surface area contributed by atoms with Gasteiger partial charge in [0.15, 0.2) is 0 Å². The first kappa shape index (κ1) is 17.4. The molecule has 1 heterocycles. The van der Waals surface area contributed by atoms with Crippen molar-refractivity contribution < 1.29 is 4.42 Å². The minimum atomic E-state index is 0.711. The summed E-state index contributed by atoms with van der Waals surface area (Å²) in [6.07, 6.45) is 14.0. The van der Waals surface area contributed by atoms with Gasteiger partial charge in [0, 0.05) is 32.8 Å². The van der Waals surface area contributed by atoms with Crippen LogP contribution in [-0.2, 0) is 0 Å². The molecule has 3 heteroatoms. The lowest BCUT2D eigenvalue weighted by molar-refractivity contribution is 0.598. The Morgan fingerprint density at radius 2 is 1.92 bits per heavy atom. The highest BCUT2D eigenvalue weighted by Crippen LogP contribution is 2.41. The largest absolute Gasteiger partial charge is 0.455 e. The van der Waals surface area contributed by atoms with E-state index >= 15 is 0 Å². The van der Waals surface area contributed by atoms with Gasteiger partial charge in [-0.05, 0) is 32.8 Å². The van der Waals surface area contributed by atoms with E-state index in [9.17, 15) is 0 Å². The zero-order chi connectivity index (χ0) is 17.8. The maximum Gasteiger partial charge on any atom is 0.144 e. The molecule has 2 nitrogen and oxygen atoms in total. The van der Waals surface area contributed by atoms with Gasteiger partial charge in [0.1, 0.15) is 11.3 Å². The number of nitrogens with two attached hydrogens (primary N) is 1. The van der Waals surface area contributed by atoms with E-state index in [1.807, 2.05) is 62.4 Å². The number of hydrogen-bond donors (Lipinski definition) is 1. The third kappa shape index (κ3) is 3.35. The van der Waals surface area contributed by atoms with E-state index in [1.54, 1.807) is 0 Å². The van der Waals surface area contributed by atoms with E-state index in [0.717, 1.165) is 51.3 Å². The van der Waals surface area contributed by atoms with E-state index < -0.39 is 0 Å². The number of halogens is 1. The summed E-state index contributed by atoms with van der Waals surface area (Å²) in [4.78, 5) is 0. The van der Waals surface area contributed by atoms with Crippen LogP contribution in [0.4, 0.5) is 0 Å². The topological polar surface area (TPSA) is 39.2 Å². The minimum Gasteiger partial charge on any atom is -0.455 e. The molecule has 0 unspecified atom stereocenters. The number of para-hydroxylation sites is 1. The van der Waals surface area contributed by atoms with Crippen LogP contribution in [0.1, 0.15) is 38.0 Å². The van der Waals surface area contributed by atoms with E-state index in [1.165, 1.54) is 0 Å². The van der Waals surface area contributed by atoms with Crippen LogP contribution in [0.25, 0.3) is 22.1 Å². The van der Waals surface area contributed by atoms with Crippen molar-refractivity contribution >= 4 is 33.7 Å². The average molecular weight is 352 g/mol. The van der Waals surface area contributed by atoms with Crippen LogP contribution in [0, 0.1) is 0 Å². The van der Waals surface area contributed by atoms with Crippen LogP contribution in [0.5, 0.6) is 0 Å². The molecule has 2 aromatic rings. The molecular weight excluding hydrogens is 330 g/mol. The second-order valence-electron chi connectivity index (χ2n) is 5.90. The lowest BCUT2D eigenvalue weighted by Crippen LogP contribution is -2.02. The van der Waals surface area contributed by atoms with E-state index in [4.69, 9.17) is 21.8 Å². The molecule has 0 saturated carbocycles. The SMILES string of the molecule is C\C=C/C=C(\C(N)=C/C)c1c(C2=CCCC=C2Cl)oc2ccccc12. The number of allylic oxidation sites excluding steroid dienone is 9. The van der Waals surface area contributed by atoms with Gasteiger partial charge in [0.25, 0.3) is 0 Å². The van der Waals surface area contributed by atoms with Crippen LogP contribution < -0.4 is 5.73 Å². The van der Waals surface area contributed by atoms with E-state index in [2.05, 4.69) is 12.1 Å². The molecule has 0 amide bonds. The fourth-order valence-electron chi connectivity index (χ4n) is 3.02. The van der Waals surface area contributed by atoms with Gasteiger partial charge >= 0.3 is 0 Å². The van der Waals surface area contributed by atoms with Gasteiger partial charge in [-0.15, -0.1) is 0 Å². The van der Waals surface area contributed by atoms with Crippen molar-refractivity contribution in [1.29, 1.82) is 0 Å². The van der Waals surface area contributed by atoms with Gasteiger partial charge in [0.2, 0.25) is 0 Å². The molecule has 0 aliphatic heterocycles. The van der Waals surface area contributed by atoms with Gasteiger partial charge in [0.05, 0.1) is 0 Å². The van der Waals surface area contributed by atoms with Crippen molar-refractivity contribution in [2.45, 2.75) is 26.7 Å².